The largest absolute Gasteiger partial charge is 0.463 e. The van der Waals surface area contributed by atoms with Crippen LogP contribution in [0.15, 0.2) is 12.2 Å². The summed E-state index contributed by atoms with van der Waals surface area (Å²) in [4.78, 5) is 35.3. The van der Waals surface area contributed by atoms with Crippen LogP contribution in [0.1, 0.15) is 34.1 Å². The zero-order valence-corrected chi connectivity index (χ0v) is 15.4. The molecule has 1 rings (SSSR count). The van der Waals surface area contributed by atoms with Crippen molar-refractivity contribution in [1.29, 1.82) is 0 Å². The number of carbonyl (C=O) groups excluding carboxylic acids is 3. The first kappa shape index (κ1) is 20.3. The molecule has 0 aromatic rings. The Kier molecular flexibility index (Phi) is 8.10. The molecule has 24 heavy (non-hydrogen) atoms. The predicted octanol–water partition coefficient (Wildman–Crippen LogP) is 1.62. The molecule has 0 aromatic heterocycles. The Morgan fingerprint density at radius 1 is 1.46 bits per heavy atom. The van der Waals surface area contributed by atoms with Gasteiger partial charge in [0.25, 0.3) is 0 Å². The van der Waals surface area contributed by atoms with Crippen molar-refractivity contribution in [2.75, 3.05) is 18.9 Å². The van der Waals surface area contributed by atoms with Crippen molar-refractivity contribution >= 4 is 29.7 Å². The monoisotopic (exact) mass is 358 g/mol. The molecule has 1 fully saturated rings. The van der Waals surface area contributed by atoms with E-state index >= 15 is 0 Å². The minimum Gasteiger partial charge on any atom is -0.463 e. The van der Waals surface area contributed by atoms with E-state index in [0.29, 0.717) is 13.0 Å². The maximum Gasteiger partial charge on any atom is 0.408 e. The van der Waals surface area contributed by atoms with Gasteiger partial charge in [-0.25, -0.2) is 9.59 Å². The van der Waals surface area contributed by atoms with Gasteiger partial charge in [-0.3, -0.25) is 4.79 Å². The predicted molar refractivity (Wildman–Crippen MR) is 92.8 cm³/mol. The lowest BCUT2D eigenvalue weighted by Crippen LogP contribution is -2.45. The summed E-state index contributed by atoms with van der Waals surface area (Å²) in [6.07, 6.45) is 2.56. The number of thioether (sulfide) groups is 1. The average molecular weight is 358 g/mol. The molecule has 2 amide bonds. The average Bonchev–Trinajstić information content (AvgIpc) is 2.45. The molecule has 0 radical (unpaired) electrons. The molecule has 0 bridgehead atoms. The van der Waals surface area contributed by atoms with Gasteiger partial charge in [-0.05, 0) is 34.1 Å². The minimum absolute atomic E-state index is 0.0632. The molecule has 0 aromatic carbocycles. The van der Waals surface area contributed by atoms with Crippen molar-refractivity contribution in [2.45, 2.75) is 51.0 Å². The van der Waals surface area contributed by atoms with Gasteiger partial charge >= 0.3 is 12.1 Å². The highest BCUT2D eigenvalue weighted by atomic mass is 32.2. The molecule has 0 saturated carbocycles. The quantitative estimate of drug-likeness (QED) is 0.554. The van der Waals surface area contributed by atoms with Crippen LogP contribution in [0.3, 0.4) is 0 Å². The van der Waals surface area contributed by atoms with Crippen molar-refractivity contribution < 1.29 is 23.9 Å². The zero-order chi connectivity index (χ0) is 18.2. The molecule has 1 heterocycles. The van der Waals surface area contributed by atoms with E-state index < -0.39 is 23.7 Å². The van der Waals surface area contributed by atoms with Gasteiger partial charge in [0.15, 0.2) is 0 Å². The Morgan fingerprint density at radius 2 is 2.17 bits per heavy atom. The van der Waals surface area contributed by atoms with Crippen LogP contribution in [-0.2, 0) is 19.1 Å². The molecular formula is C16H26N2O5S. The summed E-state index contributed by atoms with van der Waals surface area (Å²) in [6.45, 7) is 7.92. The van der Waals surface area contributed by atoms with Crippen LogP contribution < -0.4 is 10.6 Å². The van der Waals surface area contributed by atoms with Crippen molar-refractivity contribution in [3.63, 3.8) is 0 Å². The number of carbonyl (C=O) groups is 3. The van der Waals surface area contributed by atoms with Crippen molar-refractivity contribution in [2.24, 2.45) is 0 Å². The van der Waals surface area contributed by atoms with Gasteiger partial charge in [0.1, 0.15) is 5.60 Å². The number of ether oxygens (including phenoxy) is 2. The van der Waals surface area contributed by atoms with Gasteiger partial charge < -0.3 is 20.1 Å². The first-order valence-electron chi connectivity index (χ1n) is 7.95. The van der Waals surface area contributed by atoms with Gasteiger partial charge in [0.2, 0.25) is 5.91 Å². The Morgan fingerprint density at radius 3 is 2.75 bits per heavy atom. The number of esters is 1. The molecule has 0 unspecified atom stereocenters. The third-order valence-electron chi connectivity index (χ3n) is 2.93. The lowest BCUT2D eigenvalue weighted by molar-refractivity contribution is -0.137. The van der Waals surface area contributed by atoms with E-state index in [-0.39, 0.29) is 17.8 Å². The van der Waals surface area contributed by atoms with Crippen molar-refractivity contribution in [3.05, 3.63) is 12.2 Å². The second kappa shape index (κ2) is 9.56. The molecular weight excluding hydrogens is 332 g/mol. The van der Waals surface area contributed by atoms with Crippen LogP contribution >= 0.6 is 11.8 Å². The lowest BCUT2D eigenvalue weighted by atomic mass is 10.1. The standard InChI is InChI=1S/C16H26N2O5S/c1-5-22-13(19)7-6-11(18-15(21)23-16(2,3)4)10-12-14(20)17-8-9-24-12/h6-7,11-12H,5,8-10H2,1-4H3,(H,17,20)(H,18,21)/t11-,12+/m1/s1. The molecule has 8 heteroatoms. The number of hydrogen-bond donors (Lipinski definition) is 2. The Labute approximate surface area is 146 Å². The van der Waals surface area contributed by atoms with E-state index in [1.165, 1.54) is 23.9 Å². The van der Waals surface area contributed by atoms with Crippen LogP contribution in [0.2, 0.25) is 0 Å². The van der Waals surface area contributed by atoms with E-state index in [1.807, 2.05) is 0 Å². The van der Waals surface area contributed by atoms with E-state index in [1.54, 1.807) is 27.7 Å². The zero-order valence-electron chi connectivity index (χ0n) is 14.6. The van der Waals surface area contributed by atoms with Crippen LogP contribution in [-0.4, -0.2) is 53.8 Å². The fourth-order valence-corrected chi connectivity index (χ4v) is 3.08. The topological polar surface area (TPSA) is 93.7 Å². The number of rotatable bonds is 6. The Bertz CT molecular complexity index is 487. The fourth-order valence-electron chi connectivity index (χ4n) is 2.00. The van der Waals surface area contributed by atoms with Gasteiger partial charge in [-0.15, -0.1) is 11.8 Å². The van der Waals surface area contributed by atoms with Crippen molar-refractivity contribution in [3.8, 4) is 0 Å². The SMILES string of the molecule is CCOC(=O)C=C[C@H](C[C@@H]1SCCNC1=O)NC(=O)OC(C)(C)C. The van der Waals surface area contributed by atoms with E-state index in [4.69, 9.17) is 9.47 Å². The van der Waals surface area contributed by atoms with Gasteiger partial charge in [-0.2, -0.15) is 0 Å². The minimum atomic E-state index is -0.629. The van der Waals surface area contributed by atoms with Crippen LogP contribution in [0, 0.1) is 0 Å². The number of amides is 2. The normalized spacial score (nSPS) is 19.5. The van der Waals surface area contributed by atoms with Crippen LogP contribution in [0.5, 0.6) is 0 Å². The molecule has 136 valence electrons. The molecule has 1 aliphatic rings. The molecule has 2 atom stereocenters. The first-order valence-corrected chi connectivity index (χ1v) is 9.00. The summed E-state index contributed by atoms with van der Waals surface area (Å²) in [5.41, 5.74) is -0.629. The first-order chi connectivity index (χ1) is 11.2. The maximum atomic E-state index is 12.0. The summed E-state index contributed by atoms with van der Waals surface area (Å²) in [6, 6.07) is -0.509. The summed E-state index contributed by atoms with van der Waals surface area (Å²) < 4.78 is 10.1. The second-order valence-electron chi connectivity index (χ2n) is 6.25. The summed E-state index contributed by atoms with van der Waals surface area (Å²) in [7, 11) is 0. The molecule has 0 spiro atoms. The van der Waals surface area contributed by atoms with Gasteiger partial charge in [0, 0.05) is 18.4 Å². The van der Waals surface area contributed by atoms with Crippen molar-refractivity contribution in [1.82, 2.24) is 10.6 Å². The van der Waals surface area contributed by atoms with Crippen LogP contribution in [0.4, 0.5) is 4.79 Å². The molecule has 7 nitrogen and oxygen atoms in total. The molecule has 1 saturated heterocycles. The lowest BCUT2D eigenvalue weighted by Gasteiger charge is -2.26. The third-order valence-corrected chi connectivity index (χ3v) is 4.18. The smallest absolute Gasteiger partial charge is 0.408 e. The van der Waals surface area contributed by atoms with Crippen LogP contribution in [0.25, 0.3) is 0 Å². The Balaban J connectivity index is 2.72. The number of hydrogen-bond acceptors (Lipinski definition) is 6. The number of nitrogens with one attached hydrogen (secondary N) is 2. The van der Waals surface area contributed by atoms with E-state index in [2.05, 4.69) is 10.6 Å². The highest BCUT2D eigenvalue weighted by Crippen LogP contribution is 2.20. The molecule has 1 aliphatic heterocycles. The van der Waals surface area contributed by atoms with E-state index in [9.17, 15) is 14.4 Å². The highest BCUT2D eigenvalue weighted by Gasteiger charge is 2.27. The summed E-state index contributed by atoms with van der Waals surface area (Å²) in [5, 5.41) is 5.20. The molecule has 0 aliphatic carbocycles. The third kappa shape index (κ3) is 8.24. The second-order valence-corrected chi connectivity index (χ2v) is 7.56. The van der Waals surface area contributed by atoms with E-state index in [0.717, 1.165) is 5.75 Å². The van der Waals surface area contributed by atoms with Gasteiger partial charge in [-0.1, -0.05) is 6.08 Å². The number of alkyl carbamates (subject to hydrolysis) is 1. The molecule has 2 N–H and O–H groups in total. The van der Waals surface area contributed by atoms with Gasteiger partial charge in [0.05, 0.1) is 17.9 Å². The summed E-state index contributed by atoms with van der Waals surface area (Å²) >= 11 is 1.53. The fraction of sp³-hybridized carbons (Fsp3) is 0.688. The summed E-state index contributed by atoms with van der Waals surface area (Å²) in [5.74, 6) is 0.262. The highest BCUT2D eigenvalue weighted by molar-refractivity contribution is 8.00. The Hall–Kier alpha value is -1.70. The maximum absolute atomic E-state index is 12.0.